The Balaban J connectivity index is 1.87. The molecule has 0 aliphatic carbocycles. The third-order valence-electron chi connectivity index (χ3n) is 4.04. The van der Waals surface area contributed by atoms with E-state index < -0.39 is 0 Å². The molecule has 1 aromatic rings. The van der Waals surface area contributed by atoms with Crippen LogP contribution in [0.1, 0.15) is 39.3 Å². The van der Waals surface area contributed by atoms with Crippen LogP contribution >= 0.6 is 0 Å². The Morgan fingerprint density at radius 1 is 1.33 bits per heavy atom. The summed E-state index contributed by atoms with van der Waals surface area (Å²) in [6.07, 6.45) is 4.39. The first-order valence-electron chi connectivity index (χ1n) is 6.88. The van der Waals surface area contributed by atoms with Crippen LogP contribution in [0.3, 0.4) is 0 Å². The first kappa shape index (κ1) is 13.3. The number of aromatic nitrogens is 1. The molecule has 2 rings (SSSR count). The molecule has 1 aliphatic rings. The van der Waals surface area contributed by atoms with Gasteiger partial charge in [0.25, 0.3) is 0 Å². The first-order chi connectivity index (χ1) is 8.45. The minimum atomic E-state index is 0.446. The fraction of sp³-hybridized carbons (Fsp3) is 0.667. The number of rotatable bonds is 2. The second-order valence-electron chi connectivity index (χ2n) is 6.50. The van der Waals surface area contributed by atoms with Crippen LogP contribution in [0.2, 0.25) is 0 Å². The van der Waals surface area contributed by atoms with Crippen LogP contribution in [0.5, 0.6) is 0 Å². The van der Waals surface area contributed by atoms with E-state index in [-0.39, 0.29) is 0 Å². The van der Waals surface area contributed by atoms with Crippen molar-refractivity contribution in [3.05, 3.63) is 24.0 Å². The standard InChI is InChI=1S/C15H25N3/c1-15(2,3)12-5-8-18(9-6-12)11-14-10-13(16)4-7-17-14/h4,7,10,12H,5-6,8-9,11H2,1-3H3,(H2,16,17). The van der Waals surface area contributed by atoms with E-state index in [1.165, 1.54) is 25.9 Å². The SMILES string of the molecule is CC(C)(C)C1CCN(Cc2cc(N)ccn2)CC1. The van der Waals surface area contributed by atoms with E-state index in [1.54, 1.807) is 6.20 Å². The maximum atomic E-state index is 5.78. The fourth-order valence-electron chi connectivity index (χ4n) is 2.77. The summed E-state index contributed by atoms with van der Waals surface area (Å²) in [5.74, 6) is 0.850. The van der Waals surface area contributed by atoms with Crippen LogP contribution in [0.25, 0.3) is 0 Å². The molecule has 0 bridgehead atoms. The van der Waals surface area contributed by atoms with Crippen LogP contribution in [-0.2, 0) is 6.54 Å². The Kier molecular flexibility index (Phi) is 3.91. The van der Waals surface area contributed by atoms with Gasteiger partial charge in [0, 0.05) is 18.4 Å². The van der Waals surface area contributed by atoms with E-state index in [9.17, 15) is 0 Å². The molecule has 3 nitrogen and oxygen atoms in total. The third kappa shape index (κ3) is 3.45. The van der Waals surface area contributed by atoms with Crippen molar-refractivity contribution in [1.29, 1.82) is 0 Å². The van der Waals surface area contributed by atoms with Crippen LogP contribution in [-0.4, -0.2) is 23.0 Å². The van der Waals surface area contributed by atoms with E-state index >= 15 is 0 Å². The predicted molar refractivity (Wildman–Crippen MR) is 76.1 cm³/mol. The summed E-state index contributed by atoms with van der Waals surface area (Å²) in [6, 6.07) is 3.82. The monoisotopic (exact) mass is 247 g/mol. The van der Waals surface area contributed by atoms with Crippen LogP contribution < -0.4 is 5.73 Å². The average Bonchev–Trinajstić information content (AvgIpc) is 2.28. The minimum Gasteiger partial charge on any atom is -0.399 e. The molecular formula is C15H25N3. The highest BCUT2D eigenvalue weighted by atomic mass is 15.1. The molecule has 0 aromatic carbocycles. The summed E-state index contributed by atoms with van der Waals surface area (Å²) in [5, 5.41) is 0. The van der Waals surface area contributed by atoms with E-state index in [0.29, 0.717) is 5.41 Å². The smallest absolute Gasteiger partial charge is 0.0564 e. The molecule has 0 atom stereocenters. The van der Waals surface area contributed by atoms with Crippen molar-refractivity contribution < 1.29 is 0 Å². The lowest BCUT2D eigenvalue weighted by molar-refractivity contribution is 0.107. The number of nitrogens with two attached hydrogens (primary N) is 1. The normalized spacial score (nSPS) is 19.1. The maximum Gasteiger partial charge on any atom is 0.0564 e. The highest BCUT2D eigenvalue weighted by molar-refractivity contribution is 5.37. The molecule has 18 heavy (non-hydrogen) atoms. The van der Waals surface area contributed by atoms with Crippen LogP contribution in [0.4, 0.5) is 5.69 Å². The molecule has 1 aliphatic heterocycles. The number of hydrogen-bond donors (Lipinski definition) is 1. The van der Waals surface area contributed by atoms with Crippen molar-refractivity contribution in [3.8, 4) is 0 Å². The van der Waals surface area contributed by atoms with Gasteiger partial charge < -0.3 is 5.73 Å². The second kappa shape index (κ2) is 5.27. The van der Waals surface area contributed by atoms with Crippen LogP contribution in [0, 0.1) is 11.3 Å². The zero-order chi connectivity index (χ0) is 13.2. The Hall–Kier alpha value is -1.09. The molecule has 2 heterocycles. The number of nitrogen functional groups attached to an aromatic ring is 1. The van der Waals surface area contributed by atoms with E-state index in [1.807, 2.05) is 12.1 Å². The summed E-state index contributed by atoms with van der Waals surface area (Å²) in [6.45, 7) is 10.4. The van der Waals surface area contributed by atoms with Gasteiger partial charge in [0.15, 0.2) is 0 Å². The van der Waals surface area contributed by atoms with Crippen molar-refractivity contribution >= 4 is 5.69 Å². The average molecular weight is 247 g/mol. The molecule has 0 saturated carbocycles. The Bertz CT molecular complexity index is 387. The van der Waals surface area contributed by atoms with Gasteiger partial charge in [0.2, 0.25) is 0 Å². The third-order valence-corrected chi connectivity index (χ3v) is 4.04. The van der Waals surface area contributed by atoms with Gasteiger partial charge in [0.05, 0.1) is 5.69 Å². The first-order valence-corrected chi connectivity index (χ1v) is 6.88. The van der Waals surface area contributed by atoms with Crippen molar-refractivity contribution in [2.24, 2.45) is 11.3 Å². The van der Waals surface area contributed by atoms with Gasteiger partial charge in [-0.3, -0.25) is 9.88 Å². The van der Waals surface area contributed by atoms with E-state index in [2.05, 4.69) is 30.7 Å². The van der Waals surface area contributed by atoms with Gasteiger partial charge in [0.1, 0.15) is 0 Å². The molecule has 2 N–H and O–H groups in total. The van der Waals surface area contributed by atoms with Crippen LogP contribution in [0.15, 0.2) is 18.3 Å². The Morgan fingerprint density at radius 3 is 2.56 bits per heavy atom. The van der Waals surface area contributed by atoms with Crippen molar-refractivity contribution in [1.82, 2.24) is 9.88 Å². The zero-order valence-electron chi connectivity index (χ0n) is 11.8. The van der Waals surface area contributed by atoms with Crippen molar-refractivity contribution in [2.75, 3.05) is 18.8 Å². The lowest BCUT2D eigenvalue weighted by atomic mass is 9.75. The van der Waals surface area contributed by atoms with Gasteiger partial charge in [-0.1, -0.05) is 20.8 Å². The molecule has 1 aromatic heterocycles. The number of likely N-dealkylation sites (tertiary alicyclic amines) is 1. The highest BCUT2D eigenvalue weighted by Gasteiger charge is 2.28. The lowest BCUT2D eigenvalue weighted by Crippen LogP contribution is -2.37. The number of nitrogens with zero attached hydrogens (tertiary/aromatic N) is 2. The zero-order valence-corrected chi connectivity index (χ0v) is 11.8. The minimum absolute atomic E-state index is 0.446. The predicted octanol–water partition coefficient (Wildman–Crippen LogP) is 2.92. The Morgan fingerprint density at radius 2 is 2.00 bits per heavy atom. The van der Waals surface area contributed by atoms with Crippen molar-refractivity contribution in [2.45, 2.75) is 40.2 Å². The van der Waals surface area contributed by atoms with Gasteiger partial charge in [-0.2, -0.15) is 0 Å². The summed E-state index contributed by atoms with van der Waals surface area (Å²) in [4.78, 5) is 6.87. The van der Waals surface area contributed by atoms with E-state index in [0.717, 1.165) is 23.8 Å². The topological polar surface area (TPSA) is 42.1 Å². The molecule has 1 saturated heterocycles. The van der Waals surface area contributed by atoms with Gasteiger partial charge in [-0.25, -0.2) is 0 Å². The number of anilines is 1. The molecule has 0 amide bonds. The summed E-state index contributed by atoms with van der Waals surface area (Å²) in [5.41, 5.74) is 8.13. The largest absolute Gasteiger partial charge is 0.399 e. The van der Waals surface area contributed by atoms with Gasteiger partial charge >= 0.3 is 0 Å². The molecule has 3 heteroatoms. The second-order valence-corrected chi connectivity index (χ2v) is 6.50. The summed E-state index contributed by atoms with van der Waals surface area (Å²) < 4.78 is 0. The number of piperidine rings is 1. The van der Waals surface area contributed by atoms with Crippen molar-refractivity contribution in [3.63, 3.8) is 0 Å². The quantitative estimate of drug-likeness (QED) is 0.873. The Labute approximate surface area is 110 Å². The molecule has 0 unspecified atom stereocenters. The molecule has 1 fully saturated rings. The molecule has 100 valence electrons. The number of pyridine rings is 1. The summed E-state index contributed by atoms with van der Waals surface area (Å²) >= 11 is 0. The summed E-state index contributed by atoms with van der Waals surface area (Å²) in [7, 11) is 0. The lowest BCUT2D eigenvalue weighted by Gasteiger charge is -2.38. The molecule has 0 radical (unpaired) electrons. The van der Waals surface area contributed by atoms with E-state index in [4.69, 9.17) is 5.73 Å². The maximum absolute atomic E-state index is 5.78. The molecular weight excluding hydrogens is 222 g/mol. The fourth-order valence-corrected chi connectivity index (χ4v) is 2.77. The molecule has 0 spiro atoms. The number of hydrogen-bond acceptors (Lipinski definition) is 3. The van der Waals surface area contributed by atoms with Gasteiger partial charge in [-0.15, -0.1) is 0 Å². The highest BCUT2D eigenvalue weighted by Crippen LogP contribution is 2.34. The van der Waals surface area contributed by atoms with Gasteiger partial charge in [-0.05, 0) is 49.4 Å².